The Kier molecular flexibility index (Phi) is 3.23. The number of halogens is 3. The number of alkyl halides is 3. The molecule has 1 aromatic carbocycles. The van der Waals surface area contributed by atoms with Crippen molar-refractivity contribution < 1.29 is 17.9 Å². The van der Waals surface area contributed by atoms with E-state index in [1.807, 2.05) is 26.0 Å². The van der Waals surface area contributed by atoms with E-state index in [9.17, 15) is 13.2 Å². The van der Waals surface area contributed by atoms with Gasteiger partial charge in [-0.15, -0.1) is 15.3 Å². The zero-order valence-electron chi connectivity index (χ0n) is 11.7. The number of nitrogens with zero attached hydrogens (tertiary/aromatic N) is 4. The Hall–Kier alpha value is -2.64. The summed E-state index contributed by atoms with van der Waals surface area (Å²) in [7, 11) is 0. The van der Waals surface area contributed by atoms with Gasteiger partial charge in [0, 0.05) is 6.07 Å². The summed E-state index contributed by atoms with van der Waals surface area (Å²) in [5.74, 6) is -0.617. The van der Waals surface area contributed by atoms with Crippen molar-refractivity contribution in [1.29, 1.82) is 0 Å². The molecule has 0 saturated carbocycles. The summed E-state index contributed by atoms with van der Waals surface area (Å²) in [4.78, 5) is 0. The standard InChI is InChI=1S/C14H11F3N4O/c1-8-3-4-9(2)10(7-8)22-12-6-5-11-18-19-13(14(15,16)17)21(11)20-12/h3-7H,1-2H3. The largest absolute Gasteiger partial charge is 0.453 e. The fraction of sp³-hybridized carbons (Fsp3) is 0.214. The van der Waals surface area contributed by atoms with Crippen LogP contribution < -0.4 is 4.74 Å². The minimum atomic E-state index is -4.63. The highest BCUT2D eigenvalue weighted by Crippen LogP contribution is 2.29. The number of aryl methyl sites for hydroxylation is 2. The van der Waals surface area contributed by atoms with Gasteiger partial charge in [-0.1, -0.05) is 12.1 Å². The molecule has 0 aliphatic rings. The van der Waals surface area contributed by atoms with Crippen LogP contribution in [0.25, 0.3) is 5.65 Å². The molecule has 0 unspecified atom stereocenters. The molecule has 0 radical (unpaired) electrons. The molecule has 0 amide bonds. The summed E-state index contributed by atoms with van der Waals surface area (Å²) >= 11 is 0. The SMILES string of the molecule is Cc1ccc(C)c(Oc2ccc3nnc(C(F)(F)F)n3n2)c1. The maximum absolute atomic E-state index is 12.8. The minimum absolute atomic E-state index is 0.000592. The summed E-state index contributed by atoms with van der Waals surface area (Å²) in [5.41, 5.74) is 1.83. The topological polar surface area (TPSA) is 52.3 Å². The molecular weight excluding hydrogens is 297 g/mol. The molecule has 0 bridgehead atoms. The third-order valence-corrected chi connectivity index (χ3v) is 3.05. The predicted octanol–water partition coefficient (Wildman–Crippen LogP) is 3.55. The van der Waals surface area contributed by atoms with E-state index in [1.54, 1.807) is 6.07 Å². The van der Waals surface area contributed by atoms with E-state index in [0.717, 1.165) is 11.1 Å². The average molecular weight is 308 g/mol. The zero-order valence-corrected chi connectivity index (χ0v) is 11.7. The molecule has 0 aliphatic heterocycles. The number of rotatable bonds is 2. The summed E-state index contributed by atoms with van der Waals surface area (Å²) in [5, 5.41) is 10.4. The van der Waals surface area contributed by atoms with Crippen molar-refractivity contribution in [2.45, 2.75) is 20.0 Å². The molecule has 2 aromatic heterocycles. The lowest BCUT2D eigenvalue weighted by Crippen LogP contribution is -2.12. The number of fused-ring (bicyclic) bond motifs is 1. The fourth-order valence-corrected chi connectivity index (χ4v) is 1.93. The van der Waals surface area contributed by atoms with Gasteiger partial charge in [0.15, 0.2) is 5.65 Å². The van der Waals surface area contributed by atoms with Gasteiger partial charge < -0.3 is 4.74 Å². The monoisotopic (exact) mass is 308 g/mol. The summed E-state index contributed by atoms with van der Waals surface area (Å²) < 4.78 is 44.7. The number of hydrogen-bond acceptors (Lipinski definition) is 4. The minimum Gasteiger partial charge on any atom is -0.437 e. The van der Waals surface area contributed by atoms with Crippen molar-refractivity contribution >= 4 is 5.65 Å². The smallest absolute Gasteiger partial charge is 0.437 e. The third-order valence-electron chi connectivity index (χ3n) is 3.05. The first-order chi connectivity index (χ1) is 10.3. The number of aromatic nitrogens is 4. The zero-order chi connectivity index (χ0) is 15.9. The molecule has 22 heavy (non-hydrogen) atoms. The normalized spacial score (nSPS) is 11.9. The van der Waals surface area contributed by atoms with Crippen molar-refractivity contribution in [2.24, 2.45) is 0 Å². The van der Waals surface area contributed by atoms with E-state index >= 15 is 0 Å². The Balaban J connectivity index is 2.03. The Bertz CT molecular complexity index is 842. The molecule has 0 fully saturated rings. The first-order valence-electron chi connectivity index (χ1n) is 6.39. The molecule has 2 heterocycles. The Labute approximate surface area is 123 Å². The van der Waals surface area contributed by atoms with Crippen LogP contribution in [0.4, 0.5) is 13.2 Å². The molecule has 0 spiro atoms. The molecule has 0 atom stereocenters. The maximum Gasteiger partial charge on any atom is 0.453 e. The van der Waals surface area contributed by atoms with Crippen molar-refractivity contribution in [1.82, 2.24) is 19.8 Å². The van der Waals surface area contributed by atoms with Gasteiger partial charge >= 0.3 is 6.18 Å². The molecule has 114 valence electrons. The van der Waals surface area contributed by atoms with E-state index in [2.05, 4.69) is 15.3 Å². The van der Waals surface area contributed by atoms with Gasteiger partial charge in [0.05, 0.1) is 0 Å². The molecular formula is C14H11F3N4O. The van der Waals surface area contributed by atoms with Crippen LogP contribution in [-0.4, -0.2) is 19.8 Å². The lowest BCUT2D eigenvalue weighted by atomic mass is 10.1. The van der Waals surface area contributed by atoms with Crippen LogP contribution in [0.1, 0.15) is 17.0 Å². The van der Waals surface area contributed by atoms with Crippen LogP contribution in [0.15, 0.2) is 30.3 Å². The van der Waals surface area contributed by atoms with Gasteiger partial charge in [0.2, 0.25) is 5.88 Å². The highest BCUT2D eigenvalue weighted by molar-refractivity contribution is 5.41. The fourth-order valence-electron chi connectivity index (χ4n) is 1.93. The van der Waals surface area contributed by atoms with Crippen LogP contribution in [0.5, 0.6) is 11.6 Å². The van der Waals surface area contributed by atoms with Crippen molar-refractivity contribution in [3.8, 4) is 11.6 Å². The number of benzene rings is 1. The van der Waals surface area contributed by atoms with Crippen LogP contribution >= 0.6 is 0 Å². The molecule has 8 heteroatoms. The van der Waals surface area contributed by atoms with Crippen LogP contribution in [0.3, 0.4) is 0 Å². The van der Waals surface area contributed by atoms with Crippen LogP contribution in [0.2, 0.25) is 0 Å². The summed E-state index contributed by atoms with van der Waals surface area (Å²) in [6, 6.07) is 8.39. The van der Waals surface area contributed by atoms with Crippen molar-refractivity contribution in [2.75, 3.05) is 0 Å². The second kappa shape index (κ2) is 4.97. The van der Waals surface area contributed by atoms with Gasteiger partial charge in [-0.2, -0.15) is 17.7 Å². The van der Waals surface area contributed by atoms with E-state index < -0.39 is 12.0 Å². The van der Waals surface area contributed by atoms with Crippen LogP contribution in [-0.2, 0) is 6.18 Å². The number of hydrogen-bond donors (Lipinski definition) is 0. The van der Waals surface area contributed by atoms with Gasteiger partial charge in [-0.05, 0) is 37.1 Å². The Morgan fingerprint density at radius 3 is 2.55 bits per heavy atom. The first kappa shape index (κ1) is 14.3. The highest BCUT2D eigenvalue weighted by atomic mass is 19.4. The molecule has 3 rings (SSSR count). The second-order valence-electron chi connectivity index (χ2n) is 4.83. The third kappa shape index (κ3) is 2.59. The molecule has 3 aromatic rings. The number of ether oxygens (including phenoxy) is 1. The van der Waals surface area contributed by atoms with Crippen LogP contribution in [0, 0.1) is 13.8 Å². The van der Waals surface area contributed by atoms with E-state index in [-0.39, 0.29) is 11.5 Å². The Morgan fingerprint density at radius 2 is 1.82 bits per heavy atom. The maximum atomic E-state index is 12.8. The van der Waals surface area contributed by atoms with Gasteiger partial charge in [0.25, 0.3) is 5.82 Å². The molecule has 0 saturated heterocycles. The Morgan fingerprint density at radius 1 is 1.05 bits per heavy atom. The van der Waals surface area contributed by atoms with Gasteiger partial charge in [-0.25, -0.2) is 0 Å². The first-order valence-corrected chi connectivity index (χ1v) is 6.39. The van der Waals surface area contributed by atoms with Gasteiger partial charge in [-0.3, -0.25) is 0 Å². The quantitative estimate of drug-likeness (QED) is 0.726. The van der Waals surface area contributed by atoms with Crippen molar-refractivity contribution in [3.63, 3.8) is 0 Å². The average Bonchev–Trinajstić information content (AvgIpc) is 2.86. The van der Waals surface area contributed by atoms with E-state index in [4.69, 9.17) is 4.74 Å². The van der Waals surface area contributed by atoms with Gasteiger partial charge in [0.1, 0.15) is 5.75 Å². The second-order valence-corrected chi connectivity index (χ2v) is 4.83. The molecule has 5 nitrogen and oxygen atoms in total. The predicted molar refractivity (Wildman–Crippen MR) is 71.8 cm³/mol. The lowest BCUT2D eigenvalue weighted by Gasteiger charge is -2.09. The summed E-state index contributed by atoms with van der Waals surface area (Å²) in [6.07, 6.45) is -4.63. The van der Waals surface area contributed by atoms with E-state index in [0.29, 0.717) is 10.3 Å². The molecule has 0 aliphatic carbocycles. The highest BCUT2D eigenvalue weighted by Gasteiger charge is 2.37. The summed E-state index contributed by atoms with van der Waals surface area (Å²) in [6.45, 7) is 3.73. The lowest BCUT2D eigenvalue weighted by molar-refractivity contribution is -0.146. The molecule has 0 N–H and O–H groups in total. The van der Waals surface area contributed by atoms with E-state index in [1.165, 1.54) is 12.1 Å². The van der Waals surface area contributed by atoms with Crippen molar-refractivity contribution in [3.05, 3.63) is 47.3 Å².